The summed E-state index contributed by atoms with van der Waals surface area (Å²) < 4.78 is 0. The molecule has 4 heteroatoms. The van der Waals surface area contributed by atoms with Crippen LogP contribution in [0.3, 0.4) is 0 Å². The van der Waals surface area contributed by atoms with Gasteiger partial charge in [0.15, 0.2) is 0 Å². The van der Waals surface area contributed by atoms with Crippen molar-refractivity contribution < 1.29 is 19.8 Å². The van der Waals surface area contributed by atoms with Crippen LogP contribution in [0.15, 0.2) is 0 Å². The van der Waals surface area contributed by atoms with E-state index in [1.165, 1.54) is 205 Å². The largest absolute Gasteiger partial charge is 0.481 e. The van der Waals surface area contributed by atoms with Crippen LogP contribution in [0, 0.1) is 0 Å². The summed E-state index contributed by atoms with van der Waals surface area (Å²) in [5.41, 5.74) is 0. The fourth-order valence-corrected chi connectivity index (χ4v) is 6.36. The van der Waals surface area contributed by atoms with Crippen molar-refractivity contribution in [2.24, 2.45) is 0 Å². The lowest BCUT2D eigenvalue weighted by Crippen LogP contribution is -1.93. The van der Waals surface area contributed by atoms with Gasteiger partial charge in [-0.25, -0.2) is 0 Å². The van der Waals surface area contributed by atoms with Crippen molar-refractivity contribution in [2.75, 3.05) is 0 Å². The van der Waals surface area contributed by atoms with E-state index in [1.807, 2.05) is 0 Å². The Bertz CT molecular complexity index is 526. The zero-order chi connectivity index (χ0) is 34.0. The molecule has 0 bridgehead atoms. The van der Waals surface area contributed by atoms with E-state index >= 15 is 0 Å². The van der Waals surface area contributed by atoms with Gasteiger partial charge >= 0.3 is 11.9 Å². The highest BCUT2D eigenvalue weighted by Gasteiger charge is 1.99. The number of hydrogen-bond donors (Lipinski definition) is 2. The summed E-state index contributed by atoms with van der Waals surface area (Å²) in [5.74, 6) is -1.30. The molecule has 0 aliphatic rings. The highest BCUT2D eigenvalue weighted by Crippen LogP contribution is 2.16. The maximum absolute atomic E-state index is 10.4. The summed E-state index contributed by atoms with van der Waals surface area (Å²) in [5, 5.41) is 17.1. The lowest BCUT2D eigenvalue weighted by atomic mass is 10.0. The molecule has 0 aliphatic heterocycles. The summed E-state index contributed by atoms with van der Waals surface area (Å²) in [7, 11) is 0. The number of hydrogen-bond acceptors (Lipinski definition) is 2. The van der Waals surface area contributed by atoms with Gasteiger partial charge in [-0.1, -0.05) is 232 Å². The van der Waals surface area contributed by atoms with Gasteiger partial charge in [0.25, 0.3) is 0 Å². The van der Waals surface area contributed by atoms with Gasteiger partial charge in [0.1, 0.15) is 0 Å². The standard InChI is InChI=1S/2C21H42O2/c2*1-2-3-4-5-6-7-8-9-10-11-12-13-14-15-16-17-18-19-20-21(22)23/h2*2-20H2,1H3,(H,22,23). The van der Waals surface area contributed by atoms with Gasteiger partial charge in [-0.05, 0) is 12.8 Å². The summed E-state index contributed by atoms with van der Waals surface area (Å²) in [6.45, 7) is 4.56. The summed E-state index contributed by atoms with van der Waals surface area (Å²) in [6, 6.07) is 0. The van der Waals surface area contributed by atoms with E-state index in [0.29, 0.717) is 12.8 Å². The SMILES string of the molecule is CCCCCCCCCCCCCCCCCCCCC(=O)O.CCCCCCCCCCCCCCCCCCCCC(=O)O. The lowest BCUT2D eigenvalue weighted by molar-refractivity contribution is -0.138. The van der Waals surface area contributed by atoms with Crippen molar-refractivity contribution in [3.8, 4) is 0 Å². The molecule has 0 aromatic rings. The molecule has 0 saturated heterocycles. The van der Waals surface area contributed by atoms with Crippen LogP contribution in [0.1, 0.15) is 258 Å². The molecule has 46 heavy (non-hydrogen) atoms. The lowest BCUT2D eigenvalue weighted by Gasteiger charge is -2.03. The van der Waals surface area contributed by atoms with Gasteiger partial charge in [0, 0.05) is 12.8 Å². The van der Waals surface area contributed by atoms with E-state index in [1.54, 1.807) is 0 Å². The molecule has 4 nitrogen and oxygen atoms in total. The maximum atomic E-state index is 10.4. The first kappa shape index (κ1) is 47.1. The summed E-state index contributed by atoms with van der Waals surface area (Å²) >= 11 is 0. The second-order valence-electron chi connectivity index (χ2n) is 14.3. The van der Waals surface area contributed by atoms with Crippen LogP contribution in [-0.4, -0.2) is 22.2 Å². The predicted octanol–water partition coefficient (Wildman–Crippen LogP) is 15.0. The molecule has 0 atom stereocenters. The van der Waals surface area contributed by atoms with Crippen LogP contribution in [0.5, 0.6) is 0 Å². The molecule has 0 unspecified atom stereocenters. The van der Waals surface area contributed by atoms with E-state index in [9.17, 15) is 9.59 Å². The molecule has 0 rings (SSSR count). The first-order valence-electron chi connectivity index (χ1n) is 21.0. The van der Waals surface area contributed by atoms with Crippen LogP contribution in [0.4, 0.5) is 0 Å². The maximum Gasteiger partial charge on any atom is 0.303 e. The third kappa shape index (κ3) is 49.8. The Kier molecular flexibility index (Phi) is 45.0. The average molecular weight is 653 g/mol. The second kappa shape index (κ2) is 43.9. The number of unbranched alkanes of at least 4 members (excludes halogenated alkanes) is 34. The average Bonchev–Trinajstić information content (AvgIpc) is 3.03. The molecule has 0 amide bonds. The molecule has 2 N–H and O–H groups in total. The van der Waals surface area contributed by atoms with Crippen LogP contribution in [0.2, 0.25) is 0 Å². The number of rotatable bonds is 38. The fraction of sp³-hybridized carbons (Fsp3) is 0.952. The molecule has 0 aliphatic carbocycles. The Morgan fingerprint density at radius 3 is 0.522 bits per heavy atom. The Morgan fingerprint density at radius 1 is 0.261 bits per heavy atom. The second-order valence-corrected chi connectivity index (χ2v) is 14.3. The van der Waals surface area contributed by atoms with Gasteiger partial charge in [0.05, 0.1) is 0 Å². The van der Waals surface area contributed by atoms with Crippen molar-refractivity contribution in [1.82, 2.24) is 0 Å². The molecule has 276 valence electrons. The normalized spacial score (nSPS) is 11.0. The smallest absolute Gasteiger partial charge is 0.303 e. The fourth-order valence-electron chi connectivity index (χ4n) is 6.36. The van der Waals surface area contributed by atoms with Crippen molar-refractivity contribution in [3.05, 3.63) is 0 Å². The minimum absolute atomic E-state index is 0.346. The minimum Gasteiger partial charge on any atom is -0.481 e. The van der Waals surface area contributed by atoms with E-state index in [-0.39, 0.29) is 0 Å². The van der Waals surface area contributed by atoms with E-state index in [0.717, 1.165) is 25.7 Å². The van der Waals surface area contributed by atoms with Crippen LogP contribution in [-0.2, 0) is 9.59 Å². The molecular weight excluding hydrogens is 568 g/mol. The number of carbonyl (C=O) groups is 2. The zero-order valence-corrected chi connectivity index (χ0v) is 31.6. The predicted molar refractivity (Wildman–Crippen MR) is 202 cm³/mol. The Labute approximate surface area is 289 Å². The van der Waals surface area contributed by atoms with Gasteiger partial charge in [-0.3, -0.25) is 9.59 Å². The van der Waals surface area contributed by atoms with E-state index < -0.39 is 11.9 Å². The monoisotopic (exact) mass is 653 g/mol. The van der Waals surface area contributed by atoms with Gasteiger partial charge in [-0.15, -0.1) is 0 Å². The van der Waals surface area contributed by atoms with Crippen LogP contribution >= 0.6 is 0 Å². The number of carboxylic acids is 2. The van der Waals surface area contributed by atoms with Crippen LogP contribution < -0.4 is 0 Å². The molecular formula is C42H84O4. The molecule has 0 radical (unpaired) electrons. The third-order valence-corrected chi connectivity index (χ3v) is 9.49. The highest BCUT2D eigenvalue weighted by molar-refractivity contribution is 5.66. The van der Waals surface area contributed by atoms with Crippen molar-refractivity contribution in [1.29, 1.82) is 0 Å². The summed E-state index contributed by atoms with van der Waals surface area (Å²) in [6.07, 6.45) is 49.2. The topological polar surface area (TPSA) is 74.6 Å². The molecule has 0 heterocycles. The first-order chi connectivity index (χ1) is 22.5. The van der Waals surface area contributed by atoms with E-state index in [2.05, 4.69) is 13.8 Å². The highest BCUT2D eigenvalue weighted by atomic mass is 16.4. The number of carboxylic acid groups (broad SMARTS) is 2. The van der Waals surface area contributed by atoms with Crippen molar-refractivity contribution in [2.45, 2.75) is 258 Å². The van der Waals surface area contributed by atoms with Crippen LogP contribution in [0.25, 0.3) is 0 Å². The number of aliphatic carboxylic acids is 2. The zero-order valence-electron chi connectivity index (χ0n) is 31.6. The summed E-state index contributed by atoms with van der Waals surface area (Å²) in [4.78, 5) is 20.7. The first-order valence-corrected chi connectivity index (χ1v) is 21.0. The Balaban J connectivity index is 0. The minimum atomic E-state index is -0.651. The van der Waals surface area contributed by atoms with Crippen molar-refractivity contribution in [3.63, 3.8) is 0 Å². The van der Waals surface area contributed by atoms with Gasteiger partial charge in [-0.2, -0.15) is 0 Å². The Hall–Kier alpha value is -1.06. The van der Waals surface area contributed by atoms with Gasteiger partial charge < -0.3 is 10.2 Å². The molecule has 0 fully saturated rings. The van der Waals surface area contributed by atoms with Crippen molar-refractivity contribution >= 4 is 11.9 Å². The van der Waals surface area contributed by atoms with Gasteiger partial charge in [0.2, 0.25) is 0 Å². The van der Waals surface area contributed by atoms with E-state index in [4.69, 9.17) is 10.2 Å². The molecule has 0 aromatic heterocycles. The third-order valence-electron chi connectivity index (χ3n) is 9.49. The molecule has 0 spiro atoms. The quantitative estimate of drug-likeness (QED) is 0.0651. The Morgan fingerprint density at radius 2 is 0.391 bits per heavy atom. The molecule has 0 aromatic carbocycles. The molecule has 0 saturated carbocycles.